The van der Waals surface area contributed by atoms with Gasteiger partial charge >= 0.3 is 0 Å². The molecule has 64 valence electrons. The number of hydrogen-bond acceptors (Lipinski definition) is 3. The molecule has 0 aliphatic rings. The van der Waals surface area contributed by atoms with E-state index < -0.39 is 0 Å². The smallest absolute Gasteiger partial charge is 0.127 e. The van der Waals surface area contributed by atoms with Gasteiger partial charge in [-0.1, -0.05) is 24.4 Å². The first-order chi connectivity index (χ1) is 5.66. The molecule has 1 aromatic carbocycles. The van der Waals surface area contributed by atoms with Crippen molar-refractivity contribution in [1.29, 1.82) is 0 Å². The quantitative estimate of drug-likeness (QED) is 0.701. The van der Waals surface area contributed by atoms with E-state index in [1.807, 2.05) is 31.4 Å². The monoisotopic (exact) mass is 198 g/mol. The van der Waals surface area contributed by atoms with Gasteiger partial charge in [-0.3, -0.25) is 0 Å². The lowest BCUT2D eigenvalue weighted by molar-refractivity contribution is 0.470. The zero-order chi connectivity index (χ0) is 9.14. The molecule has 0 aliphatic carbocycles. The molecular weight excluding hydrogens is 188 g/mol. The third kappa shape index (κ3) is 1.79. The van der Waals surface area contributed by atoms with E-state index in [1.54, 1.807) is 0 Å². The van der Waals surface area contributed by atoms with E-state index in [-0.39, 0.29) is 0 Å². The van der Waals surface area contributed by atoms with Gasteiger partial charge in [0.1, 0.15) is 5.75 Å². The van der Waals surface area contributed by atoms with E-state index in [2.05, 4.69) is 0 Å². The molecule has 0 heterocycles. The maximum absolute atomic E-state index is 9.60. The summed E-state index contributed by atoms with van der Waals surface area (Å²) >= 11 is 6.54. The van der Waals surface area contributed by atoms with Crippen LogP contribution in [-0.2, 0) is 0 Å². The molecule has 0 saturated carbocycles. The number of phenols is 1. The number of hydrogen-bond donors (Lipinski definition) is 1. The highest BCUT2D eigenvalue weighted by Gasteiger charge is 2.06. The summed E-state index contributed by atoms with van der Waals surface area (Å²) in [6.45, 7) is 1.86. The minimum atomic E-state index is 0.303. The van der Waals surface area contributed by atoms with Crippen LogP contribution < -0.4 is 0 Å². The Kier molecular flexibility index (Phi) is 3.12. The third-order valence-electron chi connectivity index (χ3n) is 1.64. The fourth-order valence-corrected chi connectivity index (χ4v) is 1.48. The van der Waals surface area contributed by atoms with Crippen molar-refractivity contribution in [2.75, 3.05) is 6.26 Å². The molecule has 0 atom stereocenters. The van der Waals surface area contributed by atoms with Crippen molar-refractivity contribution in [3.63, 3.8) is 0 Å². The molecule has 0 bridgehead atoms. The Morgan fingerprint density at radius 3 is 2.75 bits per heavy atom. The summed E-state index contributed by atoms with van der Waals surface area (Å²) in [5, 5.41) is 9.60. The molecule has 0 fully saturated rings. The van der Waals surface area contributed by atoms with Crippen LogP contribution in [0.25, 0.3) is 0 Å². The van der Waals surface area contributed by atoms with E-state index in [4.69, 9.17) is 12.2 Å². The second-order valence-corrected chi connectivity index (χ2v) is 3.95. The molecule has 3 heteroatoms. The van der Waals surface area contributed by atoms with Crippen LogP contribution in [0.5, 0.6) is 5.75 Å². The summed E-state index contributed by atoms with van der Waals surface area (Å²) in [7, 11) is 0. The molecule has 1 nitrogen and oxygen atoms in total. The number of benzene rings is 1. The fraction of sp³-hybridized carbons (Fsp3) is 0.222. The predicted molar refractivity (Wildman–Crippen MR) is 58.1 cm³/mol. The van der Waals surface area contributed by atoms with Crippen LogP contribution in [0.3, 0.4) is 0 Å². The standard InChI is InChI=1S/C9H10OS2/c1-6-4-3-5-7(8(6)10)9(11)12-2/h3-5,10H,1-2H3. The van der Waals surface area contributed by atoms with Gasteiger partial charge < -0.3 is 5.11 Å². The van der Waals surface area contributed by atoms with E-state index in [0.717, 1.165) is 15.3 Å². The van der Waals surface area contributed by atoms with E-state index >= 15 is 0 Å². The summed E-state index contributed by atoms with van der Waals surface area (Å²) in [6, 6.07) is 5.59. The van der Waals surface area contributed by atoms with Crippen LogP contribution >= 0.6 is 24.0 Å². The lowest BCUT2D eigenvalue weighted by atomic mass is 10.1. The Morgan fingerprint density at radius 1 is 1.50 bits per heavy atom. The van der Waals surface area contributed by atoms with Gasteiger partial charge in [0.25, 0.3) is 0 Å². The van der Waals surface area contributed by atoms with Crippen LogP contribution in [0.1, 0.15) is 11.1 Å². The first kappa shape index (κ1) is 9.55. The average molecular weight is 198 g/mol. The van der Waals surface area contributed by atoms with E-state index in [9.17, 15) is 5.11 Å². The molecule has 0 unspecified atom stereocenters. The van der Waals surface area contributed by atoms with Crippen LogP contribution in [0.15, 0.2) is 18.2 Å². The number of thiocarbonyl (C=S) groups is 1. The maximum Gasteiger partial charge on any atom is 0.127 e. The molecule has 0 aliphatic heterocycles. The first-order valence-electron chi connectivity index (χ1n) is 3.53. The number of thioether (sulfide) groups is 1. The highest BCUT2D eigenvalue weighted by atomic mass is 32.2. The number of rotatable bonds is 1. The number of aromatic hydroxyl groups is 1. The maximum atomic E-state index is 9.60. The Hall–Kier alpha value is -0.540. The SMILES string of the molecule is CSC(=S)c1cccc(C)c1O. The Bertz CT molecular complexity index is 307. The summed E-state index contributed by atoms with van der Waals surface area (Å²) < 4.78 is 0.733. The summed E-state index contributed by atoms with van der Waals surface area (Å²) in [4.78, 5) is 0. The van der Waals surface area contributed by atoms with Gasteiger partial charge in [0, 0.05) is 5.56 Å². The van der Waals surface area contributed by atoms with Crippen molar-refractivity contribution in [3.05, 3.63) is 29.3 Å². The van der Waals surface area contributed by atoms with Gasteiger partial charge in [-0.05, 0) is 24.8 Å². The summed E-state index contributed by atoms with van der Waals surface area (Å²) in [5.74, 6) is 0.303. The lowest BCUT2D eigenvalue weighted by Gasteiger charge is -2.05. The molecule has 0 radical (unpaired) electrons. The zero-order valence-electron chi connectivity index (χ0n) is 7.00. The minimum absolute atomic E-state index is 0.303. The molecule has 1 rings (SSSR count). The third-order valence-corrected chi connectivity index (χ3v) is 2.95. The number of phenolic OH excluding ortho intramolecular Hbond substituents is 1. The second-order valence-electron chi connectivity index (χ2n) is 2.46. The van der Waals surface area contributed by atoms with Crippen molar-refractivity contribution in [2.24, 2.45) is 0 Å². The molecule has 12 heavy (non-hydrogen) atoms. The summed E-state index contributed by atoms with van der Waals surface area (Å²) in [6.07, 6.45) is 1.91. The molecule has 0 saturated heterocycles. The van der Waals surface area contributed by atoms with Crippen molar-refractivity contribution in [1.82, 2.24) is 0 Å². The van der Waals surface area contributed by atoms with Crippen LogP contribution in [0.4, 0.5) is 0 Å². The van der Waals surface area contributed by atoms with Crippen LogP contribution in [-0.4, -0.2) is 15.6 Å². The van der Waals surface area contributed by atoms with Gasteiger partial charge in [-0.25, -0.2) is 0 Å². The van der Waals surface area contributed by atoms with Crippen LogP contribution in [0.2, 0.25) is 0 Å². The number of aryl methyl sites for hydroxylation is 1. The van der Waals surface area contributed by atoms with Crippen molar-refractivity contribution in [3.8, 4) is 5.75 Å². The second kappa shape index (κ2) is 3.92. The first-order valence-corrected chi connectivity index (χ1v) is 5.17. The highest BCUT2D eigenvalue weighted by molar-refractivity contribution is 8.23. The normalized spacial score (nSPS) is 9.83. The predicted octanol–water partition coefficient (Wildman–Crippen LogP) is 2.74. The van der Waals surface area contributed by atoms with Gasteiger partial charge in [-0.15, -0.1) is 11.8 Å². The largest absolute Gasteiger partial charge is 0.507 e. The zero-order valence-corrected chi connectivity index (χ0v) is 8.63. The summed E-state index contributed by atoms with van der Waals surface area (Å²) in [5.41, 5.74) is 1.63. The Morgan fingerprint density at radius 2 is 2.17 bits per heavy atom. The molecule has 0 aromatic heterocycles. The molecular formula is C9H10OS2. The van der Waals surface area contributed by atoms with Crippen molar-refractivity contribution in [2.45, 2.75) is 6.92 Å². The highest BCUT2D eigenvalue weighted by Crippen LogP contribution is 2.25. The molecule has 1 aromatic rings. The molecule has 1 N–H and O–H groups in total. The molecule has 0 spiro atoms. The molecule has 0 amide bonds. The van der Waals surface area contributed by atoms with Gasteiger partial charge in [-0.2, -0.15) is 0 Å². The van der Waals surface area contributed by atoms with Gasteiger partial charge in [0.15, 0.2) is 0 Å². The Labute approximate surface area is 81.8 Å². The number of para-hydroxylation sites is 1. The Balaban J connectivity index is 3.16. The van der Waals surface area contributed by atoms with E-state index in [0.29, 0.717) is 5.75 Å². The van der Waals surface area contributed by atoms with Crippen LogP contribution in [0, 0.1) is 6.92 Å². The fourth-order valence-electron chi connectivity index (χ4n) is 0.934. The van der Waals surface area contributed by atoms with Gasteiger partial charge in [0.2, 0.25) is 0 Å². The topological polar surface area (TPSA) is 20.2 Å². The van der Waals surface area contributed by atoms with E-state index in [1.165, 1.54) is 11.8 Å². The van der Waals surface area contributed by atoms with Gasteiger partial charge in [0.05, 0.1) is 4.20 Å². The lowest BCUT2D eigenvalue weighted by Crippen LogP contribution is -1.92. The van der Waals surface area contributed by atoms with Crippen molar-refractivity contribution >= 4 is 28.2 Å². The average Bonchev–Trinajstić information content (AvgIpc) is 2.08. The van der Waals surface area contributed by atoms with Crippen molar-refractivity contribution < 1.29 is 5.11 Å². The minimum Gasteiger partial charge on any atom is -0.507 e.